The van der Waals surface area contributed by atoms with Crippen molar-refractivity contribution in [2.75, 3.05) is 26.3 Å². The summed E-state index contributed by atoms with van der Waals surface area (Å²) in [5.74, 6) is 0.239. The predicted octanol–water partition coefficient (Wildman–Crippen LogP) is 0.0451. The highest BCUT2D eigenvalue weighted by atomic mass is 32.1. The smallest absolute Gasteiger partial charge is 0.222 e. The Balaban J connectivity index is 0.000000561. The first-order chi connectivity index (χ1) is 5.84. The van der Waals surface area contributed by atoms with Gasteiger partial charge in [0.05, 0.1) is 13.2 Å². The van der Waals surface area contributed by atoms with Crippen molar-refractivity contribution in [3.8, 4) is 0 Å². The number of nitrogens with zero attached hydrogens (tertiary/aromatic N) is 1. The number of carbonyl (C=O) groups is 1. The lowest BCUT2D eigenvalue weighted by molar-refractivity contribution is -0.134. The highest BCUT2D eigenvalue weighted by Gasteiger charge is 2.13. The monoisotopic (exact) mass is 192 g/mol. The maximum absolute atomic E-state index is 11.0. The Labute approximate surface area is 78.6 Å². The molecule has 0 radical (unpaired) electrons. The Hall–Kier alpha value is -0.260. The fraction of sp³-hybridized carbons (Fsp3) is 0.857. The zero-order chi connectivity index (χ0) is 9.40. The van der Waals surface area contributed by atoms with Gasteiger partial charge in [-0.25, -0.2) is 0 Å². The average molecular weight is 192 g/mol. The van der Waals surface area contributed by atoms with Crippen molar-refractivity contribution in [2.24, 2.45) is 5.14 Å². The highest BCUT2D eigenvalue weighted by molar-refractivity contribution is 7.77. The van der Waals surface area contributed by atoms with Crippen LogP contribution in [0.15, 0.2) is 0 Å². The van der Waals surface area contributed by atoms with Crippen molar-refractivity contribution >= 4 is 18.7 Å². The second kappa shape index (κ2) is 7.39. The lowest BCUT2D eigenvalue weighted by atomic mass is 10.3. The quantitative estimate of drug-likeness (QED) is 0.577. The summed E-state index contributed by atoms with van der Waals surface area (Å²) in [6.07, 6.45) is 0.611. The van der Waals surface area contributed by atoms with E-state index in [2.05, 4.69) is 18.0 Å². The molecule has 0 aromatic rings. The molecule has 0 aromatic heterocycles. The third-order valence-corrected chi connectivity index (χ3v) is 1.67. The molecular formula is C7H16N2O2S. The van der Waals surface area contributed by atoms with E-state index in [9.17, 15) is 4.79 Å². The number of ether oxygens (including phenoxy) is 1. The average Bonchev–Trinajstić information content (AvgIpc) is 2.21. The maximum Gasteiger partial charge on any atom is 0.222 e. The van der Waals surface area contributed by atoms with Gasteiger partial charge in [0.1, 0.15) is 0 Å². The molecule has 0 aliphatic carbocycles. The second-order valence-electron chi connectivity index (χ2n) is 2.35. The summed E-state index contributed by atoms with van der Waals surface area (Å²) >= 11 is 3.03. The molecular weight excluding hydrogens is 176 g/mol. The molecule has 0 saturated carbocycles. The molecule has 2 N–H and O–H groups in total. The van der Waals surface area contributed by atoms with E-state index in [-0.39, 0.29) is 5.91 Å². The van der Waals surface area contributed by atoms with E-state index in [1.165, 1.54) is 0 Å². The van der Waals surface area contributed by atoms with Crippen LogP contribution in [0.3, 0.4) is 0 Å². The molecule has 1 aliphatic rings. The van der Waals surface area contributed by atoms with E-state index >= 15 is 0 Å². The molecule has 0 spiro atoms. The van der Waals surface area contributed by atoms with Crippen LogP contribution in [0.25, 0.3) is 0 Å². The minimum Gasteiger partial charge on any atom is -0.378 e. The first kappa shape index (κ1) is 11.7. The number of carbonyl (C=O) groups excluding carboxylic acids is 1. The van der Waals surface area contributed by atoms with Crippen molar-refractivity contribution in [3.05, 3.63) is 0 Å². The van der Waals surface area contributed by atoms with Crippen LogP contribution in [0, 0.1) is 0 Å². The van der Waals surface area contributed by atoms with Gasteiger partial charge in [0.15, 0.2) is 0 Å². The summed E-state index contributed by atoms with van der Waals surface area (Å²) in [5.41, 5.74) is 0. The van der Waals surface area contributed by atoms with Gasteiger partial charge in [-0.3, -0.25) is 9.93 Å². The van der Waals surface area contributed by atoms with Crippen LogP contribution in [-0.4, -0.2) is 37.1 Å². The summed E-state index contributed by atoms with van der Waals surface area (Å²) in [7, 11) is 0. The fourth-order valence-electron chi connectivity index (χ4n) is 1.04. The molecule has 1 heterocycles. The van der Waals surface area contributed by atoms with Gasteiger partial charge in [0.2, 0.25) is 5.91 Å². The summed E-state index contributed by atoms with van der Waals surface area (Å²) in [6, 6.07) is 0. The third-order valence-electron chi connectivity index (χ3n) is 1.67. The molecule has 0 aromatic carbocycles. The molecule has 0 bridgehead atoms. The van der Waals surface area contributed by atoms with Crippen LogP contribution >= 0.6 is 12.8 Å². The van der Waals surface area contributed by atoms with Gasteiger partial charge in [0, 0.05) is 19.5 Å². The molecule has 1 aliphatic heterocycles. The van der Waals surface area contributed by atoms with Crippen molar-refractivity contribution in [1.82, 2.24) is 4.90 Å². The van der Waals surface area contributed by atoms with Crippen LogP contribution in [-0.2, 0) is 9.53 Å². The second-order valence-corrected chi connectivity index (χ2v) is 2.35. The Kier molecular flexibility index (Phi) is 7.23. The van der Waals surface area contributed by atoms with Gasteiger partial charge >= 0.3 is 0 Å². The predicted molar refractivity (Wildman–Crippen MR) is 50.9 cm³/mol. The van der Waals surface area contributed by atoms with E-state index in [0.29, 0.717) is 19.6 Å². The van der Waals surface area contributed by atoms with E-state index in [0.717, 1.165) is 13.1 Å². The molecule has 1 saturated heterocycles. The summed E-state index contributed by atoms with van der Waals surface area (Å²) < 4.78 is 5.10. The van der Waals surface area contributed by atoms with Crippen LogP contribution in [0.4, 0.5) is 0 Å². The minimum absolute atomic E-state index is 0.239. The third kappa shape index (κ3) is 3.94. The Morgan fingerprint density at radius 2 is 2.00 bits per heavy atom. The maximum atomic E-state index is 11.0. The van der Waals surface area contributed by atoms with Crippen LogP contribution in [0.2, 0.25) is 0 Å². The number of hydrogen-bond donors (Lipinski definition) is 2. The molecule has 0 atom stereocenters. The van der Waals surface area contributed by atoms with Gasteiger partial charge in [-0.1, -0.05) is 6.92 Å². The van der Waals surface area contributed by atoms with Gasteiger partial charge in [-0.15, -0.1) is 12.8 Å². The van der Waals surface area contributed by atoms with Gasteiger partial charge in [-0.05, 0) is 0 Å². The first-order valence-corrected chi connectivity index (χ1v) is 4.47. The number of hydrogen-bond acceptors (Lipinski definition) is 4. The normalized spacial score (nSPS) is 16.4. The van der Waals surface area contributed by atoms with Gasteiger partial charge in [0.25, 0.3) is 0 Å². The molecule has 5 heteroatoms. The molecule has 1 rings (SSSR count). The minimum atomic E-state index is 0.239. The largest absolute Gasteiger partial charge is 0.378 e. The zero-order valence-corrected chi connectivity index (χ0v) is 8.22. The van der Waals surface area contributed by atoms with E-state index < -0.39 is 0 Å². The Morgan fingerprint density at radius 3 is 2.42 bits per heavy atom. The fourth-order valence-corrected chi connectivity index (χ4v) is 1.04. The first-order valence-electron chi connectivity index (χ1n) is 3.96. The van der Waals surface area contributed by atoms with Crippen LogP contribution < -0.4 is 5.14 Å². The number of amides is 1. The Bertz CT molecular complexity index is 127. The molecule has 12 heavy (non-hydrogen) atoms. The summed E-state index contributed by atoms with van der Waals surface area (Å²) in [4.78, 5) is 12.9. The number of thiol groups is 1. The number of morpholine rings is 1. The number of rotatable bonds is 1. The van der Waals surface area contributed by atoms with E-state index in [4.69, 9.17) is 4.74 Å². The van der Waals surface area contributed by atoms with Crippen molar-refractivity contribution in [2.45, 2.75) is 13.3 Å². The van der Waals surface area contributed by atoms with E-state index in [1.54, 1.807) is 0 Å². The molecule has 1 amide bonds. The Morgan fingerprint density at radius 1 is 1.50 bits per heavy atom. The summed E-state index contributed by atoms with van der Waals surface area (Å²) in [5, 5.41) is 4.19. The highest BCUT2D eigenvalue weighted by Crippen LogP contribution is 1.98. The molecule has 0 unspecified atom stereocenters. The SMILES string of the molecule is CCC(=O)N1CCOCC1.NS. The molecule has 4 nitrogen and oxygen atoms in total. The van der Waals surface area contributed by atoms with Crippen molar-refractivity contribution < 1.29 is 9.53 Å². The molecule has 1 fully saturated rings. The van der Waals surface area contributed by atoms with Gasteiger partial charge in [-0.2, -0.15) is 0 Å². The lowest BCUT2D eigenvalue weighted by Crippen LogP contribution is -2.40. The van der Waals surface area contributed by atoms with Gasteiger partial charge < -0.3 is 9.64 Å². The van der Waals surface area contributed by atoms with Crippen molar-refractivity contribution in [1.29, 1.82) is 0 Å². The topological polar surface area (TPSA) is 55.6 Å². The molecule has 72 valence electrons. The van der Waals surface area contributed by atoms with Crippen LogP contribution in [0.5, 0.6) is 0 Å². The number of nitrogens with two attached hydrogens (primary N) is 1. The standard InChI is InChI=1S/C7H13NO2.H3NS/c1-2-7(9)8-3-5-10-6-4-8;1-2/h2-6H2,1H3;2H,1H2. The zero-order valence-electron chi connectivity index (χ0n) is 7.32. The van der Waals surface area contributed by atoms with Crippen LogP contribution in [0.1, 0.15) is 13.3 Å². The lowest BCUT2D eigenvalue weighted by Gasteiger charge is -2.26. The van der Waals surface area contributed by atoms with E-state index in [1.807, 2.05) is 11.8 Å². The summed E-state index contributed by atoms with van der Waals surface area (Å²) in [6.45, 7) is 4.83. The van der Waals surface area contributed by atoms with Crippen molar-refractivity contribution in [3.63, 3.8) is 0 Å².